The van der Waals surface area contributed by atoms with Crippen LogP contribution in [0.1, 0.15) is 38.7 Å². The summed E-state index contributed by atoms with van der Waals surface area (Å²) in [6, 6.07) is 0.290. The summed E-state index contributed by atoms with van der Waals surface area (Å²) < 4.78 is 5.42. The molecule has 1 atom stereocenters. The van der Waals surface area contributed by atoms with E-state index in [-0.39, 0.29) is 12.1 Å². The highest BCUT2D eigenvalue weighted by Crippen LogP contribution is 2.14. The minimum Gasteiger partial charge on any atom is -0.444 e. The number of rotatable bonds is 5. The molecule has 0 aromatic carbocycles. The molecule has 0 saturated carbocycles. The molecule has 23 heavy (non-hydrogen) atoms. The van der Waals surface area contributed by atoms with Crippen molar-refractivity contribution in [1.29, 1.82) is 0 Å². The largest absolute Gasteiger partial charge is 0.444 e. The monoisotopic (exact) mass is 340 g/mol. The standard InChI is InChI=1S/C16H28N4O2S/c1-13(14-18-6-12-23-14)17-5-7-19-8-10-20(11-9-19)15(21)22-16(2,3)4/h6,12-13,17H,5,7-11H2,1-4H3. The Morgan fingerprint density at radius 3 is 2.65 bits per heavy atom. The van der Waals surface area contributed by atoms with E-state index in [0.29, 0.717) is 0 Å². The second-order valence-electron chi connectivity index (χ2n) is 6.86. The van der Waals surface area contributed by atoms with Crippen LogP contribution in [0.15, 0.2) is 11.6 Å². The maximum Gasteiger partial charge on any atom is 0.410 e. The summed E-state index contributed by atoms with van der Waals surface area (Å²) in [6.07, 6.45) is 1.64. The number of thiazole rings is 1. The molecule has 7 heteroatoms. The van der Waals surface area contributed by atoms with Crippen LogP contribution in [0.2, 0.25) is 0 Å². The summed E-state index contributed by atoms with van der Waals surface area (Å²) in [5, 5.41) is 6.63. The summed E-state index contributed by atoms with van der Waals surface area (Å²) in [5.74, 6) is 0. The van der Waals surface area contributed by atoms with Gasteiger partial charge in [0.05, 0.1) is 6.04 Å². The molecule has 1 aromatic heterocycles. The number of nitrogens with zero attached hydrogens (tertiary/aromatic N) is 3. The van der Waals surface area contributed by atoms with Gasteiger partial charge in [0, 0.05) is 50.8 Å². The van der Waals surface area contributed by atoms with E-state index in [2.05, 4.69) is 22.1 Å². The van der Waals surface area contributed by atoms with E-state index in [4.69, 9.17) is 4.74 Å². The van der Waals surface area contributed by atoms with Crippen LogP contribution < -0.4 is 5.32 Å². The predicted molar refractivity (Wildman–Crippen MR) is 92.8 cm³/mol. The Morgan fingerprint density at radius 1 is 1.39 bits per heavy atom. The third-order valence-corrected chi connectivity index (χ3v) is 4.68. The molecule has 2 rings (SSSR count). The van der Waals surface area contributed by atoms with Crippen molar-refractivity contribution in [3.8, 4) is 0 Å². The number of nitrogens with one attached hydrogen (secondary N) is 1. The highest BCUT2D eigenvalue weighted by atomic mass is 32.1. The van der Waals surface area contributed by atoms with E-state index in [9.17, 15) is 4.79 Å². The van der Waals surface area contributed by atoms with Crippen molar-refractivity contribution in [2.75, 3.05) is 39.3 Å². The zero-order chi connectivity index (χ0) is 16.9. The molecule has 1 aliphatic rings. The van der Waals surface area contributed by atoms with Crippen molar-refractivity contribution in [2.45, 2.75) is 39.3 Å². The third kappa shape index (κ3) is 6.08. The molecule has 0 aliphatic carbocycles. The van der Waals surface area contributed by atoms with Crippen LogP contribution in [0, 0.1) is 0 Å². The van der Waals surface area contributed by atoms with Crippen LogP contribution >= 0.6 is 11.3 Å². The molecule has 0 radical (unpaired) electrons. The van der Waals surface area contributed by atoms with Crippen molar-refractivity contribution in [3.63, 3.8) is 0 Å². The first-order valence-corrected chi connectivity index (χ1v) is 9.06. The summed E-state index contributed by atoms with van der Waals surface area (Å²) in [4.78, 5) is 20.5. The van der Waals surface area contributed by atoms with Gasteiger partial charge in [-0.05, 0) is 27.7 Å². The zero-order valence-electron chi connectivity index (χ0n) is 14.5. The van der Waals surface area contributed by atoms with Gasteiger partial charge in [0.15, 0.2) is 0 Å². The molecule has 130 valence electrons. The smallest absolute Gasteiger partial charge is 0.410 e. The Morgan fingerprint density at radius 2 is 2.09 bits per heavy atom. The van der Waals surface area contributed by atoms with Gasteiger partial charge >= 0.3 is 6.09 Å². The summed E-state index contributed by atoms with van der Waals surface area (Å²) >= 11 is 1.68. The van der Waals surface area contributed by atoms with Gasteiger partial charge in [0.2, 0.25) is 0 Å². The van der Waals surface area contributed by atoms with Crippen LogP contribution in [0.4, 0.5) is 4.79 Å². The summed E-state index contributed by atoms with van der Waals surface area (Å²) in [6.45, 7) is 13.0. The van der Waals surface area contributed by atoms with Gasteiger partial charge in [-0.2, -0.15) is 0 Å². The summed E-state index contributed by atoms with van der Waals surface area (Å²) in [5.41, 5.74) is -0.426. The van der Waals surface area contributed by atoms with E-state index in [1.165, 1.54) is 0 Å². The van der Waals surface area contributed by atoms with Crippen LogP contribution in [-0.4, -0.2) is 65.7 Å². The molecule has 0 spiro atoms. The molecular formula is C16H28N4O2S. The number of piperazine rings is 1. The van der Waals surface area contributed by atoms with Crippen molar-refractivity contribution in [1.82, 2.24) is 20.1 Å². The highest BCUT2D eigenvalue weighted by molar-refractivity contribution is 7.09. The first-order valence-electron chi connectivity index (χ1n) is 8.18. The molecule has 2 heterocycles. The van der Waals surface area contributed by atoms with E-state index in [1.54, 1.807) is 16.2 Å². The van der Waals surface area contributed by atoms with Crippen LogP contribution in [0.25, 0.3) is 0 Å². The van der Waals surface area contributed by atoms with Gasteiger partial charge in [-0.15, -0.1) is 11.3 Å². The fourth-order valence-corrected chi connectivity index (χ4v) is 3.13. The van der Waals surface area contributed by atoms with Gasteiger partial charge in [-0.3, -0.25) is 4.90 Å². The second-order valence-corrected chi connectivity index (χ2v) is 7.78. The molecule has 6 nitrogen and oxygen atoms in total. The predicted octanol–water partition coefficient (Wildman–Crippen LogP) is 2.35. The molecular weight excluding hydrogens is 312 g/mol. The van der Waals surface area contributed by atoms with Gasteiger partial charge in [-0.1, -0.05) is 0 Å². The third-order valence-electron chi connectivity index (χ3n) is 3.72. The minimum atomic E-state index is -0.426. The molecule has 0 bridgehead atoms. The zero-order valence-corrected chi connectivity index (χ0v) is 15.4. The number of hydrogen-bond donors (Lipinski definition) is 1. The number of carbonyl (C=O) groups is 1. The number of amides is 1. The Hall–Kier alpha value is -1.18. The molecule has 1 saturated heterocycles. The van der Waals surface area contributed by atoms with E-state index >= 15 is 0 Å². The Kier molecular flexibility index (Phi) is 6.38. The lowest BCUT2D eigenvalue weighted by atomic mass is 10.2. The Bertz CT molecular complexity index is 479. The van der Waals surface area contributed by atoms with Gasteiger partial charge in [-0.25, -0.2) is 9.78 Å². The second kappa shape index (κ2) is 8.08. The maximum absolute atomic E-state index is 12.0. The first kappa shape index (κ1) is 18.2. The average Bonchev–Trinajstić information content (AvgIpc) is 3.00. The molecule has 1 aliphatic heterocycles. The fraction of sp³-hybridized carbons (Fsp3) is 0.750. The molecule has 1 unspecified atom stereocenters. The maximum atomic E-state index is 12.0. The van der Waals surface area contributed by atoms with Crippen molar-refractivity contribution in [3.05, 3.63) is 16.6 Å². The SMILES string of the molecule is CC(NCCN1CCN(C(=O)OC(C)(C)C)CC1)c1nccs1. The summed E-state index contributed by atoms with van der Waals surface area (Å²) in [7, 11) is 0. The number of aromatic nitrogens is 1. The van der Waals surface area contributed by atoms with Crippen LogP contribution in [0.3, 0.4) is 0 Å². The lowest BCUT2D eigenvalue weighted by Gasteiger charge is -2.35. The topological polar surface area (TPSA) is 57.7 Å². The van der Waals surface area contributed by atoms with E-state index in [0.717, 1.165) is 44.3 Å². The van der Waals surface area contributed by atoms with E-state index < -0.39 is 5.60 Å². The number of ether oxygens (including phenoxy) is 1. The molecule has 1 amide bonds. The Labute approximate surface area is 142 Å². The quantitative estimate of drug-likeness (QED) is 0.892. The van der Waals surface area contributed by atoms with Crippen molar-refractivity contribution >= 4 is 17.4 Å². The average molecular weight is 340 g/mol. The van der Waals surface area contributed by atoms with Gasteiger partial charge < -0.3 is 15.0 Å². The van der Waals surface area contributed by atoms with Crippen molar-refractivity contribution < 1.29 is 9.53 Å². The van der Waals surface area contributed by atoms with Crippen LogP contribution in [0.5, 0.6) is 0 Å². The molecule has 1 aromatic rings. The van der Waals surface area contributed by atoms with Crippen molar-refractivity contribution in [2.24, 2.45) is 0 Å². The first-order chi connectivity index (χ1) is 10.8. The molecule has 1 fully saturated rings. The van der Waals surface area contributed by atoms with Crippen LogP contribution in [-0.2, 0) is 4.74 Å². The van der Waals surface area contributed by atoms with Gasteiger partial charge in [0.1, 0.15) is 10.6 Å². The fourth-order valence-electron chi connectivity index (χ4n) is 2.46. The minimum absolute atomic E-state index is 0.201. The van der Waals surface area contributed by atoms with E-state index in [1.807, 2.05) is 32.3 Å². The number of hydrogen-bond acceptors (Lipinski definition) is 6. The lowest BCUT2D eigenvalue weighted by molar-refractivity contribution is 0.0146. The Balaban J connectivity index is 1.64. The van der Waals surface area contributed by atoms with Gasteiger partial charge in [0.25, 0.3) is 0 Å². The number of carbonyl (C=O) groups excluding carboxylic acids is 1. The normalized spacial score (nSPS) is 18.0. The highest BCUT2D eigenvalue weighted by Gasteiger charge is 2.25. The molecule has 1 N–H and O–H groups in total. The lowest BCUT2D eigenvalue weighted by Crippen LogP contribution is -2.51.